The van der Waals surface area contributed by atoms with E-state index in [2.05, 4.69) is 17.4 Å². The molecule has 0 aliphatic carbocycles. The molecule has 3 nitrogen and oxygen atoms in total. The maximum atomic E-state index is 9.09. The first-order valence-corrected chi connectivity index (χ1v) is 5.95. The van der Waals surface area contributed by atoms with Crippen molar-refractivity contribution in [1.29, 1.82) is 0 Å². The van der Waals surface area contributed by atoms with E-state index in [0.29, 0.717) is 12.0 Å². The molecule has 0 aromatic heterocycles. The first-order valence-electron chi connectivity index (χ1n) is 5.95. The van der Waals surface area contributed by atoms with Gasteiger partial charge in [0.2, 0.25) is 0 Å². The van der Waals surface area contributed by atoms with Crippen LogP contribution in [0.15, 0.2) is 54.6 Å². The highest BCUT2D eigenvalue weighted by Crippen LogP contribution is 2.00. The van der Waals surface area contributed by atoms with E-state index < -0.39 is 7.12 Å². The fourth-order valence-electron chi connectivity index (χ4n) is 1.81. The monoisotopic (exact) mass is 241 g/mol. The molecule has 0 saturated heterocycles. The minimum absolute atomic E-state index is 0.522. The zero-order chi connectivity index (χ0) is 12.8. The summed E-state index contributed by atoms with van der Waals surface area (Å²) in [6.07, 6.45) is 0. The molecule has 0 aliphatic rings. The third-order valence-electron chi connectivity index (χ3n) is 2.75. The lowest BCUT2D eigenvalue weighted by Gasteiger charge is -2.07. The van der Waals surface area contributed by atoms with Crippen LogP contribution in [0.2, 0.25) is 0 Å². The van der Waals surface area contributed by atoms with Crippen molar-refractivity contribution >= 4 is 12.6 Å². The Morgan fingerprint density at radius 2 is 1.50 bits per heavy atom. The van der Waals surface area contributed by atoms with Crippen molar-refractivity contribution in [2.24, 2.45) is 0 Å². The van der Waals surface area contributed by atoms with Crippen LogP contribution in [-0.2, 0) is 13.1 Å². The summed E-state index contributed by atoms with van der Waals surface area (Å²) in [4.78, 5) is 0. The SMILES string of the molecule is OB(O)c1cccc(CNCc2ccccc2)c1. The molecule has 2 aromatic rings. The van der Waals surface area contributed by atoms with E-state index in [1.54, 1.807) is 12.1 Å². The lowest BCUT2D eigenvalue weighted by Crippen LogP contribution is -2.30. The molecular formula is C14H16BNO2. The topological polar surface area (TPSA) is 52.5 Å². The van der Waals surface area contributed by atoms with Gasteiger partial charge in [0.15, 0.2) is 0 Å². The molecule has 0 unspecified atom stereocenters. The normalized spacial score (nSPS) is 10.3. The van der Waals surface area contributed by atoms with E-state index in [4.69, 9.17) is 10.0 Å². The average Bonchev–Trinajstić information content (AvgIpc) is 2.40. The molecule has 92 valence electrons. The molecule has 0 aliphatic heterocycles. The molecule has 0 heterocycles. The van der Waals surface area contributed by atoms with Crippen molar-refractivity contribution in [3.63, 3.8) is 0 Å². The highest BCUT2D eigenvalue weighted by molar-refractivity contribution is 6.58. The standard InChI is InChI=1S/C14H16BNO2/c17-15(18)14-8-4-7-13(9-14)11-16-10-12-5-2-1-3-6-12/h1-9,16-18H,10-11H2. The van der Waals surface area contributed by atoms with Crippen LogP contribution in [-0.4, -0.2) is 17.2 Å². The molecule has 0 spiro atoms. The van der Waals surface area contributed by atoms with E-state index in [-0.39, 0.29) is 0 Å². The summed E-state index contributed by atoms with van der Waals surface area (Å²) in [7, 11) is -1.40. The summed E-state index contributed by atoms with van der Waals surface area (Å²) in [5.74, 6) is 0. The number of hydrogen-bond acceptors (Lipinski definition) is 3. The minimum Gasteiger partial charge on any atom is -0.423 e. The third kappa shape index (κ3) is 3.70. The Morgan fingerprint density at radius 3 is 2.22 bits per heavy atom. The maximum absolute atomic E-state index is 9.09. The lowest BCUT2D eigenvalue weighted by molar-refractivity contribution is 0.425. The zero-order valence-corrected chi connectivity index (χ0v) is 10.1. The summed E-state index contributed by atoms with van der Waals surface area (Å²) < 4.78 is 0. The van der Waals surface area contributed by atoms with Crippen LogP contribution in [0.25, 0.3) is 0 Å². The molecule has 0 fully saturated rings. The maximum Gasteiger partial charge on any atom is 0.488 e. The molecule has 0 saturated carbocycles. The Kier molecular flexibility index (Phi) is 4.53. The molecule has 2 aromatic carbocycles. The molecule has 18 heavy (non-hydrogen) atoms. The molecule has 4 heteroatoms. The van der Waals surface area contributed by atoms with Crippen molar-refractivity contribution in [2.45, 2.75) is 13.1 Å². The summed E-state index contributed by atoms with van der Waals surface area (Å²) in [6, 6.07) is 17.4. The third-order valence-corrected chi connectivity index (χ3v) is 2.75. The Labute approximate surface area is 107 Å². The van der Waals surface area contributed by atoms with Gasteiger partial charge >= 0.3 is 7.12 Å². The molecule has 0 atom stereocenters. The molecular weight excluding hydrogens is 225 g/mol. The van der Waals surface area contributed by atoms with E-state index in [9.17, 15) is 0 Å². The van der Waals surface area contributed by atoms with Gasteiger partial charge in [-0.25, -0.2) is 0 Å². The van der Waals surface area contributed by atoms with Gasteiger partial charge in [0.25, 0.3) is 0 Å². The Morgan fingerprint density at radius 1 is 0.833 bits per heavy atom. The van der Waals surface area contributed by atoms with Gasteiger partial charge < -0.3 is 15.4 Å². The van der Waals surface area contributed by atoms with Gasteiger partial charge in [0.1, 0.15) is 0 Å². The first kappa shape index (κ1) is 12.8. The summed E-state index contributed by atoms with van der Waals surface area (Å²) in [6.45, 7) is 1.50. The van der Waals surface area contributed by atoms with Crippen LogP contribution < -0.4 is 10.8 Å². The molecule has 0 amide bonds. The first-order chi connectivity index (χ1) is 8.75. The van der Waals surface area contributed by atoms with Gasteiger partial charge in [-0.15, -0.1) is 0 Å². The highest BCUT2D eigenvalue weighted by Gasteiger charge is 2.10. The van der Waals surface area contributed by atoms with Gasteiger partial charge in [-0.05, 0) is 16.6 Å². The van der Waals surface area contributed by atoms with Crippen molar-refractivity contribution in [3.8, 4) is 0 Å². The smallest absolute Gasteiger partial charge is 0.423 e. The van der Waals surface area contributed by atoms with Gasteiger partial charge in [-0.2, -0.15) is 0 Å². The van der Waals surface area contributed by atoms with E-state index in [1.807, 2.05) is 30.3 Å². The van der Waals surface area contributed by atoms with E-state index >= 15 is 0 Å². The quantitative estimate of drug-likeness (QED) is 0.674. The molecule has 0 radical (unpaired) electrons. The lowest BCUT2D eigenvalue weighted by atomic mass is 9.80. The second-order valence-electron chi connectivity index (χ2n) is 4.21. The van der Waals surface area contributed by atoms with Gasteiger partial charge in [0, 0.05) is 13.1 Å². The average molecular weight is 241 g/mol. The zero-order valence-electron chi connectivity index (χ0n) is 10.1. The predicted molar refractivity (Wildman–Crippen MR) is 73.3 cm³/mol. The van der Waals surface area contributed by atoms with E-state index in [1.165, 1.54) is 5.56 Å². The van der Waals surface area contributed by atoms with Crippen LogP contribution in [0.3, 0.4) is 0 Å². The van der Waals surface area contributed by atoms with Crippen LogP contribution in [0.5, 0.6) is 0 Å². The second kappa shape index (κ2) is 6.35. The van der Waals surface area contributed by atoms with Gasteiger partial charge in [-0.3, -0.25) is 0 Å². The summed E-state index contributed by atoms with van der Waals surface area (Å²) >= 11 is 0. The number of rotatable bonds is 5. The van der Waals surface area contributed by atoms with Crippen molar-refractivity contribution in [1.82, 2.24) is 5.32 Å². The highest BCUT2D eigenvalue weighted by atomic mass is 16.4. The Balaban J connectivity index is 1.89. The Bertz CT molecular complexity index is 488. The van der Waals surface area contributed by atoms with Crippen molar-refractivity contribution in [2.75, 3.05) is 0 Å². The van der Waals surface area contributed by atoms with Gasteiger partial charge in [-0.1, -0.05) is 54.6 Å². The fourth-order valence-corrected chi connectivity index (χ4v) is 1.81. The summed E-state index contributed by atoms with van der Waals surface area (Å²) in [5.41, 5.74) is 2.79. The number of benzene rings is 2. The number of nitrogens with one attached hydrogen (secondary N) is 1. The van der Waals surface area contributed by atoms with E-state index in [0.717, 1.165) is 12.1 Å². The van der Waals surface area contributed by atoms with Crippen LogP contribution >= 0.6 is 0 Å². The largest absolute Gasteiger partial charge is 0.488 e. The predicted octanol–water partition coefficient (Wildman–Crippen LogP) is 0.656. The molecule has 2 rings (SSSR count). The van der Waals surface area contributed by atoms with Crippen LogP contribution in [0, 0.1) is 0 Å². The second-order valence-corrected chi connectivity index (χ2v) is 4.21. The molecule has 0 bridgehead atoms. The molecule has 3 N–H and O–H groups in total. The fraction of sp³-hybridized carbons (Fsp3) is 0.143. The number of hydrogen-bond donors (Lipinski definition) is 3. The van der Waals surface area contributed by atoms with Crippen molar-refractivity contribution in [3.05, 3.63) is 65.7 Å². The van der Waals surface area contributed by atoms with Crippen LogP contribution in [0.1, 0.15) is 11.1 Å². The van der Waals surface area contributed by atoms with Crippen molar-refractivity contribution < 1.29 is 10.0 Å². The van der Waals surface area contributed by atoms with Gasteiger partial charge in [0.05, 0.1) is 0 Å². The Hall–Kier alpha value is -1.62. The van der Waals surface area contributed by atoms with Crippen LogP contribution in [0.4, 0.5) is 0 Å². The summed E-state index contributed by atoms with van der Waals surface area (Å²) in [5, 5.41) is 21.5. The minimum atomic E-state index is -1.40.